The Morgan fingerprint density at radius 2 is 1.83 bits per heavy atom. The summed E-state index contributed by atoms with van der Waals surface area (Å²) in [5.74, 6) is 1.41. The Labute approximate surface area is 112 Å². The van der Waals surface area contributed by atoms with Gasteiger partial charge in [0.25, 0.3) is 0 Å². The second-order valence-corrected chi connectivity index (χ2v) is 4.77. The van der Waals surface area contributed by atoms with Crippen molar-refractivity contribution in [3.05, 3.63) is 58.6 Å². The minimum absolute atomic E-state index is 0.0789. The third kappa shape index (κ3) is 2.84. The Balaban J connectivity index is 2.37. The van der Waals surface area contributed by atoms with Crippen LogP contribution in [0.1, 0.15) is 24.1 Å². The zero-order chi connectivity index (χ0) is 13.1. The lowest BCUT2D eigenvalue weighted by atomic mass is 10.1. The number of ether oxygens (including phenoxy) is 1. The van der Waals surface area contributed by atoms with E-state index in [0.29, 0.717) is 10.8 Å². The van der Waals surface area contributed by atoms with Gasteiger partial charge in [0, 0.05) is 11.6 Å². The van der Waals surface area contributed by atoms with Gasteiger partial charge in [-0.1, -0.05) is 35.9 Å². The summed E-state index contributed by atoms with van der Waals surface area (Å²) in [4.78, 5) is 0. The highest BCUT2D eigenvalue weighted by atomic mass is 35.5. The lowest BCUT2D eigenvalue weighted by Crippen LogP contribution is -2.06. The molecule has 0 fully saturated rings. The molecule has 0 amide bonds. The van der Waals surface area contributed by atoms with E-state index in [2.05, 4.69) is 0 Å². The van der Waals surface area contributed by atoms with Crippen LogP contribution in [0.3, 0.4) is 0 Å². The second kappa shape index (κ2) is 5.42. The van der Waals surface area contributed by atoms with Gasteiger partial charge in [-0.25, -0.2) is 0 Å². The van der Waals surface area contributed by atoms with E-state index in [1.54, 1.807) is 0 Å². The molecule has 0 unspecified atom stereocenters. The third-order valence-electron chi connectivity index (χ3n) is 2.72. The summed E-state index contributed by atoms with van der Waals surface area (Å²) in [7, 11) is 0. The minimum atomic E-state index is -0.0789. The number of rotatable bonds is 3. The van der Waals surface area contributed by atoms with E-state index in [-0.39, 0.29) is 6.04 Å². The fraction of sp³-hybridized carbons (Fsp3) is 0.200. The number of halogens is 1. The zero-order valence-corrected chi connectivity index (χ0v) is 11.2. The SMILES string of the molecule is Cc1ccc(Cl)c(Oc2ccccc2[C@@H](C)N)c1. The first kappa shape index (κ1) is 12.9. The molecule has 0 aliphatic heterocycles. The summed E-state index contributed by atoms with van der Waals surface area (Å²) in [6, 6.07) is 13.4. The summed E-state index contributed by atoms with van der Waals surface area (Å²) in [6.07, 6.45) is 0. The van der Waals surface area contributed by atoms with E-state index in [4.69, 9.17) is 22.1 Å². The maximum absolute atomic E-state index is 6.12. The highest BCUT2D eigenvalue weighted by Crippen LogP contribution is 2.33. The maximum Gasteiger partial charge on any atom is 0.146 e. The number of hydrogen-bond acceptors (Lipinski definition) is 2. The van der Waals surface area contributed by atoms with Gasteiger partial charge in [-0.3, -0.25) is 0 Å². The third-order valence-corrected chi connectivity index (χ3v) is 3.03. The molecule has 3 heteroatoms. The topological polar surface area (TPSA) is 35.2 Å². The largest absolute Gasteiger partial charge is 0.455 e. The normalized spacial score (nSPS) is 12.2. The van der Waals surface area contributed by atoms with Gasteiger partial charge in [-0.2, -0.15) is 0 Å². The van der Waals surface area contributed by atoms with Gasteiger partial charge in [0.05, 0.1) is 5.02 Å². The molecule has 2 N–H and O–H groups in total. The number of benzene rings is 2. The molecule has 0 radical (unpaired) electrons. The molecule has 0 saturated carbocycles. The summed E-state index contributed by atoms with van der Waals surface area (Å²) >= 11 is 6.12. The molecule has 94 valence electrons. The van der Waals surface area contributed by atoms with Gasteiger partial charge in [0.1, 0.15) is 11.5 Å². The molecule has 2 aromatic carbocycles. The summed E-state index contributed by atoms with van der Waals surface area (Å²) in [6.45, 7) is 3.93. The molecule has 0 bridgehead atoms. The van der Waals surface area contributed by atoms with Gasteiger partial charge in [-0.05, 0) is 37.6 Å². The predicted octanol–water partition coefficient (Wildman–Crippen LogP) is 4.46. The van der Waals surface area contributed by atoms with E-state index < -0.39 is 0 Å². The van der Waals surface area contributed by atoms with Crippen molar-refractivity contribution in [2.45, 2.75) is 19.9 Å². The second-order valence-electron chi connectivity index (χ2n) is 4.36. The van der Waals surface area contributed by atoms with Gasteiger partial charge in [0.15, 0.2) is 0 Å². The van der Waals surface area contributed by atoms with Gasteiger partial charge >= 0.3 is 0 Å². The first-order valence-electron chi connectivity index (χ1n) is 5.86. The van der Waals surface area contributed by atoms with Crippen LogP contribution in [0.4, 0.5) is 0 Å². The van der Waals surface area contributed by atoms with Crippen LogP contribution < -0.4 is 10.5 Å². The van der Waals surface area contributed by atoms with Crippen molar-refractivity contribution in [3.63, 3.8) is 0 Å². The Hall–Kier alpha value is -1.51. The van der Waals surface area contributed by atoms with Gasteiger partial charge < -0.3 is 10.5 Å². The van der Waals surface area contributed by atoms with Crippen LogP contribution in [0.5, 0.6) is 11.5 Å². The number of aryl methyl sites for hydroxylation is 1. The van der Waals surface area contributed by atoms with Gasteiger partial charge in [-0.15, -0.1) is 0 Å². The van der Waals surface area contributed by atoms with Crippen molar-refractivity contribution >= 4 is 11.6 Å². The molecular weight excluding hydrogens is 246 g/mol. The average Bonchev–Trinajstić information content (AvgIpc) is 2.34. The van der Waals surface area contributed by atoms with E-state index in [9.17, 15) is 0 Å². The standard InChI is InChI=1S/C15H16ClNO/c1-10-7-8-13(16)15(9-10)18-14-6-4-3-5-12(14)11(2)17/h3-9,11H,17H2,1-2H3/t11-/m1/s1. The Kier molecular flexibility index (Phi) is 3.90. The monoisotopic (exact) mass is 261 g/mol. The molecule has 2 nitrogen and oxygen atoms in total. The van der Waals surface area contributed by atoms with Crippen molar-refractivity contribution in [2.75, 3.05) is 0 Å². The molecule has 2 rings (SSSR count). The molecule has 0 aliphatic rings. The molecule has 18 heavy (non-hydrogen) atoms. The van der Waals surface area contributed by atoms with Crippen molar-refractivity contribution in [1.29, 1.82) is 0 Å². The molecule has 1 atom stereocenters. The number of hydrogen-bond donors (Lipinski definition) is 1. The lowest BCUT2D eigenvalue weighted by Gasteiger charge is -2.14. The number of nitrogens with two attached hydrogens (primary N) is 1. The molecule has 0 spiro atoms. The highest BCUT2D eigenvalue weighted by Gasteiger charge is 2.10. The smallest absolute Gasteiger partial charge is 0.146 e. The average molecular weight is 262 g/mol. The van der Waals surface area contributed by atoms with Crippen LogP contribution in [0.2, 0.25) is 5.02 Å². The lowest BCUT2D eigenvalue weighted by molar-refractivity contribution is 0.472. The summed E-state index contributed by atoms with van der Waals surface area (Å²) < 4.78 is 5.87. The van der Waals surface area contributed by atoms with Crippen LogP contribution in [0, 0.1) is 6.92 Å². The van der Waals surface area contributed by atoms with E-state index in [0.717, 1.165) is 16.9 Å². The number of para-hydroxylation sites is 1. The Morgan fingerprint density at radius 1 is 1.11 bits per heavy atom. The first-order valence-corrected chi connectivity index (χ1v) is 6.24. The van der Waals surface area contributed by atoms with Crippen LogP contribution in [0.15, 0.2) is 42.5 Å². The van der Waals surface area contributed by atoms with E-state index in [1.807, 2.05) is 56.3 Å². The molecule has 0 aliphatic carbocycles. The maximum atomic E-state index is 6.12. The van der Waals surface area contributed by atoms with Crippen molar-refractivity contribution in [3.8, 4) is 11.5 Å². The van der Waals surface area contributed by atoms with Crippen molar-refractivity contribution in [1.82, 2.24) is 0 Å². The van der Waals surface area contributed by atoms with E-state index >= 15 is 0 Å². The van der Waals surface area contributed by atoms with Crippen LogP contribution in [0.25, 0.3) is 0 Å². The molecule has 0 saturated heterocycles. The quantitative estimate of drug-likeness (QED) is 0.885. The van der Waals surface area contributed by atoms with Crippen molar-refractivity contribution in [2.24, 2.45) is 5.73 Å². The van der Waals surface area contributed by atoms with E-state index in [1.165, 1.54) is 0 Å². The summed E-state index contributed by atoms with van der Waals surface area (Å²) in [5.41, 5.74) is 8.00. The Morgan fingerprint density at radius 3 is 2.56 bits per heavy atom. The van der Waals surface area contributed by atoms with Gasteiger partial charge in [0.2, 0.25) is 0 Å². The molecule has 2 aromatic rings. The van der Waals surface area contributed by atoms with Crippen LogP contribution in [-0.4, -0.2) is 0 Å². The Bertz CT molecular complexity index is 552. The fourth-order valence-electron chi connectivity index (χ4n) is 1.76. The fourth-order valence-corrected chi connectivity index (χ4v) is 1.91. The molecular formula is C15H16ClNO. The van der Waals surface area contributed by atoms with Crippen LogP contribution in [-0.2, 0) is 0 Å². The van der Waals surface area contributed by atoms with Crippen molar-refractivity contribution < 1.29 is 4.74 Å². The first-order chi connectivity index (χ1) is 8.58. The minimum Gasteiger partial charge on any atom is -0.455 e. The zero-order valence-electron chi connectivity index (χ0n) is 10.5. The molecule has 0 aromatic heterocycles. The predicted molar refractivity (Wildman–Crippen MR) is 75.3 cm³/mol. The molecule has 0 heterocycles. The van der Waals surface area contributed by atoms with Crippen LogP contribution >= 0.6 is 11.6 Å². The summed E-state index contributed by atoms with van der Waals surface area (Å²) in [5, 5.41) is 0.597. The highest BCUT2D eigenvalue weighted by molar-refractivity contribution is 6.32.